The van der Waals surface area contributed by atoms with Crippen LogP contribution in [0.25, 0.3) is 0 Å². The standard InChI is InChI=1S/C20H28F2NO8P/c1-6-28-32(5,27)20(21,22)11-17-18(29-14(4)24)12(2)13(3)19(31-17)30-16-9-7-15(8-10-16)23(25)26/h7-10,12-13,17-19H,6,11H2,1-5H3/t12-,13+,17-,18+,19+,32?/m1/s1. The molecule has 180 valence electrons. The van der Waals surface area contributed by atoms with Crippen molar-refractivity contribution in [2.24, 2.45) is 11.8 Å². The van der Waals surface area contributed by atoms with Crippen LogP contribution in [0.4, 0.5) is 14.5 Å². The Labute approximate surface area is 185 Å². The second-order valence-electron chi connectivity index (χ2n) is 7.84. The zero-order valence-electron chi connectivity index (χ0n) is 18.5. The molecule has 0 amide bonds. The molecule has 1 unspecified atom stereocenters. The van der Waals surface area contributed by atoms with Crippen LogP contribution in [0.1, 0.15) is 34.1 Å². The molecule has 1 saturated heterocycles. The number of alkyl halides is 2. The summed E-state index contributed by atoms with van der Waals surface area (Å²) in [5.74, 6) is -1.25. The van der Waals surface area contributed by atoms with Crippen LogP contribution in [-0.2, 0) is 23.4 Å². The maximum atomic E-state index is 14.9. The molecule has 0 aromatic heterocycles. The molecule has 0 aliphatic carbocycles. The number of carbonyl (C=O) groups is 1. The molecule has 0 bridgehead atoms. The lowest BCUT2D eigenvalue weighted by Gasteiger charge is -2.44. The molecular formula is C20H28F2NO8P. The molecular weight excluding hydrogens is 451 g/mol. The first-order chi connectivity index (χ1) is 14.8. The molecule has 0 spiro atoms. The molecule has 0 saturated carbocycles. The van der Waals surface area contributed by atoms with Gasteiger partial charge in [-0.25, -0.2) is 0 Å². The van der Waals surface area contributed by atoms with Gasteiger partial charge in [0.05, 0.1) is 18.0 Å². The highest BCUT2D eigenvalue weighted by atomic mass is 31.2. The number of rotatable bonds is 9. The van der Waals surface area contributed by atoms with Crippen molar-refractivity contribution in [3.05, 3.63) is 34.4 Å². The Kier molecular flexibility index (Phi) is 8.36. The highest BCUT2D eigenvalue weighted by Gasteiger charge is 2.54. The highest BCUT2D eigenvalue weighted by Crippen LogP contribution is 2.60. The monoisotopic (exact) mass is 479 g/mol. The Balaban J connectivity index is 2.28. The molecule has 1 aliphatic heterocycles. The van der Waals surface area contributed by atoms with E-state index in [1.54, 1.807) is 13.8 Å². The van der Waals surface area contributed by atoms with Crippen LogP contribution < -0.4 is 4.74 Å². The number of benzene rings is 1. The molecule has 1 aromatic carbocycles. The van der Waals surface area contributed by atoms with Gasteiger partial charge in [0.15, 0.2) is 0 Å². The fraction of sp³-hybridized carbons (Fsp3) is 0.650. The molecule has 1 aromatic rings. The van der Waals surface area contributed by atoms with Gasteiger partial charge >= 0.3 is 11.6 Å². The van der Waals surface area contributed by atoms with Gasteiger partial charge in [-0.05, 0) is 19.1 Å². The number of non-ortho nitro benzene ring substituents is 1. The van der Waals surface area contributed by atoms with Crippen molar-refractivity contribution >= 4 is 19.0 Å². The van der Waals surface area contributed by atoms with Gasteiger partial charge in [0.2, 0.25) is 6.29 Å². The van der Waals surface area contributed by atoms with E-state index in [4.69, 9.17) is 18.7 Å². The number of hydrogen-bond acceptors (Lipinski definition) is 8. The molecule has 1 fully saturated rings. The molecule has 0 radical (unpaired) electrons. The zero-order valence-corrected chi connectivity index (χ0v) is 19.4. The van der Waals surface area contributed by atoms with Crippen molar-refractivity contribution in [1.29, 1.82) is 0 Å². The molecule has 12 heteroatoms. The number of nitro benzene ring substituents is 1. The Morgan fingerprint density at radius 1 is 1.25 bits per heavy atom. The van der Waals surface area contributed by atoms with Crippen LogP contribution in [0.5, 0.6) is 5.75 Å². The minimum Gasteiger partial charge on any atom is -0.465 e. The normalized spacial score (nSPS) is 27.9. The molecule has 1 heterocycles. The summed E-state index contributed by atoms with van der Waals surface area (Å²) in [6, 6.07) is 5.23. The van der Waals surface area contributed by atoms with Gasteiger partial charge in [0.1, 0.15) is 18.0 Å². The number of esters is 1. The number of carbonyl (C=O) groups excluding carboxylic acids is 1. The van der Waals surface area contributed by atoms with Crippen molar-refractivity contribution < 1.29 is 41.8 Å². The van der Waals surface area contributed by atoms with Crippen LogP contribution in [-0.4, -0.2) is 48.3 Å². The summed E-state index contributed by atoms with van der Waals surface area (Å²) < 4.78 is 63.8. The summed E-state index contributed by atoms with van der Waals surface area (Å²) in [4.78, 5) is 21.9. The quantitative estimate of drug-likeness (QED) is 0.214. The number of halogens is 2. The van der Waals surface area contributed by atoms with Crippen molar-refractivity contribution in [3.63, 3.8) is 0 Å². The predicted molar refractivity (Wildman–Crippen MR) is 111 cm³/mol. The van der Waals surface area contributed by atoms with Gasteiger partial charge < -0.3 is 18.7 Å². The van der Waals surface area contributed by atoms with E-state index in [9.17, 15) is 28.3 Å². The van der Waals surface area contributed by atoms with Crippen LogP contribution in [0.3, 0.4) is 0 Å². The maximum Gasteiger partial charge on any atom is 0.324 e. The second kappa shape index (κ2) is 10.2. The number of ether oxygens (including phenoxy) is 3. The molecule has 2 rings (SSSR count). The smallest absolute Gasteiger partial charge is 0.324 e. The first-order valence-corrected chi connectivity index (χ1v) is 12.2. The molecule has 9 nitrogen and oxygen atoms in total. The largest absolute Gasteiger partial charge is 0.465 e. The van der Waals surface area contributed by atoms with Gasteiger partial charge in [-0.15, -0.1) is 0 Å². The number of nitro groups is 1. The zero-order chi connectivity index (χ0) is 24.3. The third kappa shape index (κ3) is 6.02. The molecule has 0 N–H and O–H groups in total. The van der Waals surface area contributed by atoms with Crippen molar-refractivity contribution in [2.75, 3.05) is 13.3 Å². The van der Waals surface area contributed by atoms with E-state index in [2.05, 4.69) is 0 Å². The summed E-state index contributed by atoms with van der Waals surface area (Å²) in [7, 11) is -4.32. The topological polar surface area (TPSA) is 114 Å². The highest BCUT2D eigenvalue weighted by molar-refractivity contribution is 7.59. The maximum absolute atomic E-state index is 14.9. The van der Waals surface area contributed by atoms with Crippen LogP contribution in [0.15, 0.2) is 24.3 Å². The van der Waals surface area contributed by atoms with Crippen LogP contribution in [0, 0.1) is 22.0 Å². The van der Waals surface area contributed by atoms with Crippen LogP contribution in [0.2, 0.25) is 0 Å². The van der Waals surface area contributed by atoms with Crippen LogP contribution >= 0.6 is 7.37 Å². The van der Waals surface area contributed by atoms with E-state index in [-0.39, 0.29) is 24.0 Å². The third-order valence-electron chi connectivity index (χ3n) is 5.47. The Morgan fingerprint density at radius 2 is 1.84 bits per heavy atom. The predicted octanol–water partition coefficient (Wildman–Crippen LogP) is 4.83. The van der Waals surface area contributed by atoms with Crippen molar-refractivity contribution in [3.8, 4) is 5.75 Å². The summed E-state index contributed by atoms with van der Waals surface area (Å²) in [6.07, 6.45) is -4.36. The average Bonchev–Trinajstić information content (AvgIpc) is 2.68. The first kappa shape index (κ1) is 26.2. The Bertz CT molecular complexity index is 866. The Hall–Kier alpha value is -2.10. The fourth-order valence-corrected chi connectivity index (χ4v) is 4.66. The van der Waals surface area contributed by atoms with Gasteiger partial charge in [-0.1, -0.05) is 13.8 Å². The summed E-state index contributed by atoms with van der Waals surface area (Å²) in [5, 5.41) is 10.8. The minimum absolute atomic E-state index is 0.134. The van der Waals surface area contributed by atoms with Gasteiger partial charge in [-0.2, -0.15) is 8.78 Å². The Morgan fingerprint density at radius 3 is 2.34 bits per heavy atom. The van der Waals surface area contributed by atoms with Crippen molar-refractivity contribution in [1.82, 2.24) is 0 Å². The van der Waals surface area contributed by atoms with E-state index in [0.717, 1.165) is 13.6 Å². The fourth-order valence-electron chi connectivity index (χ4n) is 3.46. The number of nitrogens with zero attached hydrogens (tertiary/aromatic N) is 1. The molecule has 6 atom stereocenters. The number of hydrogen-bond donors (Lipinski definition) is 0. The average molecular weight is 479 g/mol. The summed E-state index contributed by atoms with van der Waals surface area (Å²) >= 11 is 0. The van der Waals surface area contributed by atoms with E-state index in [1.807, 2.05) is 0 Å². The lowest BCUT2D eigenvalue weighted by Crippen LogP contribution is -2.54. The van der Waals surface area contributed by atoms with Gasteiger partial charge in [-0.3, -0.25) is 19.5 Å². The molecule has 1 aliphatic rings. The second-order valence-corrected chi connectivity index (χ2v) is 10.4. The van der Waals surface area contributed by atoms with E-state index in [0.29, 0.717) is 0 Å². The first-order valence-electron chi connectivity index (χ1n) is 10.1. The molecule has 32 heavy (non-hydrogen) atoms. The summed E-state index contributed by atoms with van der Waals surface area (Å²) in [5.41, 5.74) is -3.87. The van der Waals surface area contributed by atoms with Crippen molar-refractivity contribution in [2.45, 2.75) is 58.3 Å². The van der Waals surface area contributed by atoms with E-state index < -0.39 is 54.8 Å². The van der Waals surface area contributed by atoms with E-state index >= 15 is 0 Å². The van der Waals surface area contributed by atoms with Gasteiger partial charge in [0.25, 0.3) is 13.1 Å². The lowest BCUT2D eigenvalue weighted by atomic mass is 9.83. The SMILES string of the molecule is CCOP(C)(=O)C(F)(F)C[C@H]1O[C@H](Oc2ccc([N+](=O)[O-])cc2)[C@@H](C)[C@@H](C)[C@@H]1OC(C)=O. The summed E-state index contributed by atoms with van der Waals surface area (Å²) in [6.45, 7) is 6.79. The third-order valence-corrected chi connectivity index (χ3v) is 7.59. The lowest BCUT2D eigenvalue weighted by molar-refractivity contribution is -0.384. The minimum atomic E-state index is -4.32. The van der Waals surface area contributed by atoms with E-state index in [1.165, 1.54) is 31.2 Å². The van der Waals surface area contributed by atoms with Gasteiger partial charge in [0, 0.05) is 37.6 Å².